The van der Waals surface area contributed by atoms with Gasteiger partial charge in [0.25, 0.3) is 0 Å². The van der Waals surface area contributed by atoms with Gasteiger partial charge in [-0.25, -0.2) is 13.1 Å². The Hall–Kier alpha value is -0.390. The summed E-state index contributed by atoms with van der Waals surface area (Å²) in [4.78, 5) is 0.308. The Morgan fingerprint density at radius 3 is 2.12 bits per heavy atom. The van der Waals surface area contributed by atoms with Crippen LogP contribution in [0.2, 0.25) is 0 Å². The normalized spacial score (nSPS) is 12.0. The second kappa shape index (κ2) is 5.80. The first kappa shape index (κ1) is 13.7. The first-order chi connectivity index (χ1) is 7.49. The lowest BCUT2D eigenvalue weighted by atomic mass is 10.2. The van der Waals surface area contributed by atoms with Crippen molar-refractivity contribution in [1.29, 1.82) is 0 Å². The van der Waals surface area contributed by atoms with Gasteiger partial charge in [0.1, 0.15) is 0 Å². The van der Waals surface area contributed by atoms with Crippen molar-refractivity contribution in [3.05, 3.63) is 28.7 Å². The molecule has 0 aliphatic carbocycles. The van der Waals surface area contributed by atoms with Crippen LogP contribution in [-0.2, 0) is 10.0 Å². The van der Waals surface area contributed by atoms with Crippen molar-refractivity contribution in [1.82, 2.24) is 4.72 Å². The summed E-state index contributed by atoms with van der Waals surface area (Å²) in [6.07, 6.45) is 1.60. The molecule has 90 valence electrons. The van der Waals surface area contributed by atoms with Gasteiger partial charge >= 0.3 is 0 Å². The van der Waals surface area contributed by atoms with Crippen LogP contribution >= 0.6 is 15.9 Å². The Kier molecular flexibility index (Phi) is 4.95. The lowest BCUT2D eigenvalue weighted by Crippen LogP contribution is -2.33. The fourth-order valence-electron chi connectivity index (χ4n) is 1.36. The van der Waals surface area contributed by atoms with Crippen molar-refractivity contribution >= 4 is 26.0 Å². The average molecular weight is 306 g/mol. The van der Waals surface area contributed by atoms with E-state index in [1.165, 1.54) is 0 Å². The molecule has 1 N–H and O–H groups in total. The number of halogens is 1. The molecule has 1 rings (SSSR count). The molecular formula is C11H16BrNO2S. The van der Waals surface area contributed by atoms with E-state index >= 15 is 0 Å². The average Bonchev–Trinajstić information content (AvgIpc) is 2.26. The van der Waals surface area contributed by atoms with Crippen LogP contribution in [-0.4, -0.2) is 14.5 Å². The van der Waals surface area contributed by atoms with Gasteiger partial charge in [-0.2, -0.15) is 0 Å². The highest BCUT2D eigenvalue weighted by atomic mass is 79.9. The van der Waals surface area contributed by atoms with E-state index in [0.717, 1.165) is 17.3 Å². The van der Waals surface area contributed by atoms with E-state index in [2.05, 4.69) is 20.7 Å². The highest BCUT2D eigenvalue weighted by Crippen LogP contribution is 2.15. The van der Waals surface area contributed by atoms with Gasteiger partial charge in [-0.05, 0) is 37.1 Å². The Morgan fingerprint density at radius 2 is 1.69 bits per heavy atom. The Bertz CT molecular complexity index is 424. The maximum Gasteiger partial charge on any atom is 0.240 e. The van der Waals surface area contributed by atoms with Gasteiger partial charge in [-0.3, -0.25) is 0 Å². The molecule has 0 atom stereocenters. The molecule has 0 aliphatic rings. The highest BCUT2D eigenvalue weighted by Gasteiger charge is 2.17. The number of nitrogens with one attached hydrogen (secondary N) is 1. The minimum atomic E-state index is -3.37. The molecule has 0 heterocycles. The van der Waals surface area contributed by atoms with Crippen molar-refractivity contribution in [3.63, 3.8) is 0 Å². The van der Waals surface area contributed by atoms with Gasteiger partial charge < -0.3 is 0 Å². The maximum atomic E-state index is 11.9. The van der Waals surface area contributed by atoms with Crippen LogP contribution in [0, 0.1) is 0 Å². The van der Waals surface area contributed by atoms with E-state index < -0.39 is 10.0 Å². The molecule has 0 amide bonds. The van der Waals surface area contributed by atoms with Gasteiger partial charge in [-0.1, -0.05) is 29.8 Å². The summed E-state index contributed by atoms with van der Waals surface area (Å²) in [6, 6.07) is 6.64. The van der Waals surface area contributed by atoms with Crippen LogP contribution in [0.3, 0.4) is 0 Å². The first-order valence-electron chi connectivity index (χ1n) is 5.27. The van der Waals surface area contributed by atoms with Crippen LogP contribution in [0.4, 0.5) is 0 Å². The molecule has 0 saturated carbocycles. The molecule has 1 aromatic carbocycles. The van der Waals surface area contributed by atoms with Crippen LogP contribution in [0.5, 0.6) is 0 Å². The second-order valence-electron chi connectivity index (χ2n) is 3.59. The zero-order valence-electron chi connectivity index (χ0n) is 9.40. The standard InChI is InChI=1S/C11H16BrNO2S/c1-3-10(4-2)13-16(14,15)11-7-5-9(12)6-8-11/h5-8,10,13H,3-4H2,1-2H3. The summed E-state index contributed by atoms with van der Waals surface area (Å²) < 4.78 is 27.4. The van der Waals surface area contributed by atoms with E-state index in [1.54, 1.807) is 24.3 Å². The van der Waals surface area contributed by atoms with Crippen molar-refractivity contribution in [2.45, 2.75) is 37.6 Å². The highest BCUT2D eigenvalue weighted by molar-refractivity contribution is 9.10. The molecule has 0 aliphatic heterocycles. The fraction of sp³-hybridized carbons (Fsp3) is 0.455. The van der Waals surface area contributed by atoms with Gasteiger partial charge in [0, 0.05) is 10.5 Å². The zero-order valence-corrected chi connectivity index (χ0v) is 11.8. The van der Waals surface area contributed by atoms with Gasteiger partial charge in [-0.15, -0.1) is 0 Å². The zero-order chi connectivity index (χ0) is 12.2. The Balaban J connectivity index is 2.89. The van der Waals surface area contributed by atoms with Crippen molar-refractivity contribution in [2.75, 3.05) is 0 Å². The van der Waals surface area contributed by atoms with E-state index in [-0.39, 0.29) is 6.04 Å². The molecule has 16 heavy (non-hydrogen) atoms. The maximum absolute atomic E-state index is 11.9. The lowest BCUT2D eigenvalue weighted by molar-refractivity contribution is 0.530. The van der Waals surface area contributed by atoms with Crippen LogP contribution in [0.1, 0.15) is 26.7 Å². The summed E-state index contributed by atoms with van der Waals surface area (Å²) in [5.74, 6) is 0. The topological polar surface area (TPSA) is 46.2 Å². The largest absolute Gasteiger partial charge is 0.240 e. The summed E-state index contributed by atoms with van der Waals surface area (Å²) >= 11 is 3.28. The second-order valence-corrected chi connectivity index (χ2v) is 6.22. The molecule has 0 radical (unpaired) electrons. The monoisotopic (exact) mass is 305 g/mol. The third-order valence-corrected chi connectivity index (χ3v) is 4.50. The van der Waals surface area contributed by atoms with E-state index in [9.17, 15) is 8.42 Å². The summed E-state index contributed by atoms with van der Waals surface area (Å²) in [5, 5.41) is 0. The van der Waals surface area contributed by atoms with Crippen molar-refractivity contribution in [2.24, 2.45) is 0 Å². The molecule has 0 aromatic heterocycles. The van der Waals surface area contributed by atoms with Crippen LogP contribution in [0.15, 0.2) is 33.6 Å². The number of sulfonamides is 1. The van der Waals surface area contributed by atoms with Gasteiger partial charge in [0.05, 0.1) is 4.90 Å². The molecule has 1 aromatic rings. The van der Waals surface area contributed by atoms with Gasteiger partial charge in [0.2, 0.25) is 10.0 Å². The summed E-state index contributed by atoms with van der Waals surface area (Å²) in [7, 11) is -3.37. The third-order valence-electron chi connectivity index (χ3n) is 2.43. The Labute approximate surface area is 105 Å². The minimum absolute atomic E-state index is 0.00801. The Morgan fingerprint density at radius 1 is 1.19 bits per heavy atom. The lowest BCUT2D eigenvalue weighted by Gasteiger charge is -2.14. The van der Waals surface area contributed by atoms with Gasteiger partial charge in [0.15, 0.2) is 0 Å². The molecule has 5 heteroatoms. The molecular weight excluding hydrogens is 290 g/mol. The van der Waals surface area contributed by atoms with Crippen LogP contribution < -0.4 is 4.72 Å². The van der Waals surface area contributed by atoms with E-state index in [0.29, 0.717) is 4.90 Å². The van der Waals surface area contributed by atoms with E-state index in [1.807, 2.05) is 13.8 Å². The number of benzene rings is 1. The molecule has 0 bridgehead atoms. The van der Waals surface area contributed by atoms with Crippen LogP contribution in [0.25, 0.3) is 0 Å². The minimum Gasteiger partial charge on any atom is -0.208 e. The van der Waals surface area contributed by atoms with Crippen molar-refractivity contribution in [3.8, 4) is 0 Å². The fourth-order valence-corrected chi connectivity index (χ4v) is 3.02. The molecule has 3 nitrogen and oxygen atoms in total. The number of hydrogen-bond donors (Lipinski definition) is 1. The first-order valence-corrected chi connectivity index (χ1v) is 7.55. The summed E-state index contributed by atoms with van der Waals surface area (Å²) in [6.45, 7) is 3.94. The number of rotatable bonds is 5. The van der Waals surface area contributed by atoms with Crippen molar-refractivity contribution < 1.29 is 8.42 Å². The predicted octanol–water partition coefficient (Wildman–Crippen LogP) is 2.92. The SMILES string of the molecule is CCC(CC)NS(=O)(=O)c1ccc(Br)cc1. The smallest absolute Gasteiger partial charge is 0.208 e. The predicted molar refractivity (Wildman–Crippen MR) is 68.8 cm³/mol. The quantitative estimate of drug-likeness (QED) is 0.909. The third kappa shape index (κ3) is 3.57. The van der Waals surface area contributed by atoms with E-state index in [4.69, 9.17) is 0 Å². The molecule has 0 spiro atoms. The summed E-state index contributed by atoms with van der Waals surface area (Å²) in [5.41, 5.74) is 0. The number of hydrogen-bond acceptors (Lipinski definition) is 2. The molecule has 0 saturated heterocycles. The molecule has 0 unspecified atom stereocenters. The molecule has 0 fully saturated rings.